The molecule has 1 aromatic heterocycles. The third kappa shape index (κ3) is 5.10. The second-order valence-corrected chi connectivity index (χ2v) is 10.1. The van der Waals surface area contributed by atoms with Crippen LogP contribution in [-0.4, -0.2) is 22.6 Å². The fourth-order valence-corrected chi connectivity index (χ4v) is 5.77. The maximum atomic E-state index is 12.8. The van der Waals surface area contributed by atoms with Gasteiger partial charge in [-0.3, -0.25) is 9.69 Å². The Morgan fingerprint density at radius 3 is 2.71 bits per heavy atom. The van der Waals surface area contributed by atoms with Crippen LogP contribution in [0.2, 0.25) is 0 Å². The number of nitrogens with zero attached hydrogens (tertiary/aromatic N) is 2. The first kappa shape index (κ1) is 21.4. The van der Waals surface area contributed by atoms with Gasteiger partial charge in [0.1, 0.15) is 11.1 Å². The van der Waals surface area contributed by atoms with Gasteiger partial charge >= 0.3 is 0 Å². The number of amides is 1. The van der Waals surface area contributed by atoms with Crippen LogP contribution in [0.1, 0.15) is 28.5 Å². The van der Waals surface area contributed by atoms with Crippen molar-refractivity contribution in [3.8, 4) is 6.07 Å². The number of anilines is 2. The summed E-state index contributed by atoms with van der Waals surface area (Å²) in [5.74, 6) is -0.0990. The van der Waals surface area contributed by atoms with Crippen LogP contribution in [0.25, 0.3) is 0 Å². The molecule has 158 valence electrons. The molecule has 0 saturated carbocycles. The first-order valence-electron chi connectivity index (χ1n) is 10.2. The average molecular weight is 449 g/mol. The highest BCUT2D eigenvalue weighted by atomic mass is 32.2. The Morgan fingerprint density at radius 2 is 2.00 bits per heavy atom. The molecule has 7 heteroatoms. The SMILES string of the molecule is CC(Sc1ccc(N)cc1)C(=O)Nc1sc2c(c1C#N)CCN(Cc1ccccc1)C2. The molecule has 1 aliphatic rings. The van der Waals surface area contributed by atoms with Gasteiger partial charge in [-0.05, 0) is 48.7 Å². The predicted octanol–water partition coefficient (Wildman–Crippen LogP) is 4.88. The van der Waals surface area contributed by atoms with Crippen LogP contribution in [0.4, 0.5) is 10.7 Å². The Balaban J connectivity index is 1.44. The number of fused-ring (bicyclic) bond motifs is 1. The summed E-state index contributed by atoms with van der Waals surface area (Å²) in [7, 11) is 0. The lowest BCUT2D eigenvalue weighted by atomic mass is 10.0. The van der Waals surface area contributed by atoms with Gasteiger partial charge in [0.25, 0.3) is 0 Å². The predicted molar refractivity (Wildman–Crippen MR) is 128 cm³/mol. The molecule has 0 aliphatic carbocycles. The van der Waals surface area contributed by atoms with Crippen molar-refractivity contribution < 1.29 is 4.79 Å². The van der Waals surface area contributed by atoms with Crippen LogP contribution in [0.3, 0.4) is 0 Å². The van der Waals surface area contributed by atoms with E-state index < -0.39 is 0 Å². The van der Waals surface area contributed by atoms with E-state index in [9.17, 15) is 10.1 Å². The molecular formula is C24H24N4OS2. The molecule has 1 amide bonds. The van der Waals surface area contributed by atoms with Gasteiger partial charge in [0, 0.05) is 35.1 Å². The van der Waals surface area contributed by atoms with Gasteiger partial charge in [0.15, 0.2) is 0 Å². The van der Waals surface area contributed by atoms with E-state index in [0.717, 1.165) is 36.5 Å². The maximum Gasteiger partial charge on any atom is 0.238 e. The number of rotatable bonds is 6. The molecule has 5 nitrogen and oxygen atoms in total. The zero-order chi connectivity index (χ0) is 21.8. The molecular weight excluding hydrogens is 424 g/mol. The number of nitrogen functional groups attached to an aromatic ring is 1. The number of nitriles is 1. The molecule has 0 bridgehead atoms. The molecule has 0 spiro atoms. The van der Waals surface area contributed by atoms with Crippen LogP contribution in [0.5, 0.6) is 0 Å². The van der Waals surface area contributed by atoms with E-state index in [-0.39, 0.29) is 11.2 Å². The lowest BCUT2D eigenvalue weighted by Gasteiger charge is -2.26. The molecule has 1 unspecified atom stereocenters. The van der Waals surface area contributed by atoms with E-state index >= 15 is 0 Å². The van der Waals surface area contributed by atoms with Crippen molar-refractivity contribution in [3.63, 3.8) is 0 Å². The number of nitrogens with one attached hydrogen (secondary N) is 1. The van der Waals surface area contributed by atoms with E-state index in [1.807, 2.05) is 37.3 Å². The molecule has 0 radical (unpaired) electrons. The lowest BCUT2D eigenvalue weighted by molar-refractivity contribution is -0.115. The van der Waals surface area contributed by atoms with Crippen molar-refractivity contribution in [2.45, 2.75) is 36.6 Å². The van der Waals surface area contributed by atoms with E-state index in [1.54, 1.807) is 0 Å². The topological polar surface area (TPSA) is 82.1 Å². The van der Waals surface area contributed by atoms with E-state index in [0.29, 0.717) is 16.3 Å². The molecule has 3 N–H and O–H groups in total. The minimum atomic E-state index is -0.288. The standard InChI is InChI=1S/C24H24N4OS2/c1-16(30-19-9-7-18(26)8-10-19)23(29)27-24-21(13-25)20-11-12-28(15-22(20)31-24)14-17-5-3-2-4-6-17/h2-10,16H,11-12,14-15,26H2,1H3,(H,27,29). The van der Waals surface area contributed by atoms with Gasteiger partial charge in [0.05, 0.1) is 10.8 Å². The zero-order valence-corrected chi connectivity index (χ0v) is 18.9. The van der Waals surface area contributed by atoms with Crippen LogP contribution in [0.15, 0.2) is 59.5 Å². The van der Waals surface area contributed by atoms with Crippen LogP contribution in [-0.2, 0) is 24.3 Å². The lowest BCUT2D eigenvalue weighted by Crippen LogP contribution is -2.29. The van der Waals surface area contributed by atoms with Crippen molar-refractivity contribution >= 4 is 39.7 Å². The Hall–Kier alpha value is -2.79. The molecule has 1 atom stereocenters. The van der Waals surface area contributed by atoms with Crippen molar-refractivity contribution in [1.82, 2.24) is 4.90 Å². The van der Waals surface area contributed by atoms with Gasteiger partial charge in [0.2, 0.25) is 5.91 Å². The largest absolute Gasteiger partial charge is 0.399 e. The second-order valence-electron chi connectivity index (χ2n) is 7.58. The van der Waals surface area contributed by atoms with Gasteiger partial charge in [-0.2, -0.15) is 5.26 Å². The van der Waals surface area contributed by atoms with Crippen LogP contribution < -0.4 is 11.1 Å². The van der Waals surface area contributed by atoms with Crippen molar-refractivity contribution in [3.05, 3.63) is 76.2 Å². The Morgan fingerprint density at radius 1 is 1.26 bits per heavy atom. The highest BCUT2D eigenvalue weighted by Crippen LogP contribution is 2.37. The first-order chi connectivity index (χ1) is 15.0. The smallest absolute Gasteiger partial charge is 0.238 e. The second kappa shape index (κ2) is 9.56. The summed E-state index contributed by atoms with van der Waals surface area (Å²) >= 11 is 3.01. The van der Waals surface area contributed by atoms with Gasteiger partial charge < -0.3 is 11.1 Å². The fourth-order valence-electron chi connectivity index (χ4n) is 3.66. The maximum absolute atomic E-state index is 12.8. The van der Waals surface area contributed by atoms with Crippen molar-refractivity contribution in [1.29, 1.82) is 5.26 Å². The summed E-state index contributed by atoms with van der Waals surface area (Å²) in [6, 6.07) is 20.2. The number of thiophene rings is 1. The number of hydrogen-bond acceptors (Lipinski definition) is 6. The quantitative estimate of drug-likeness (QED) is 0.415. The van der Waals surface area contributed by atoms with E-state index in [2.05, 4.69) is 40.6 Å². The number of nitrogens with two attached hydrogens (primary N) is 1. The third-order valence-corrected chi connectivity index (χ3v) is 7.54. The van der Waals surface area contributed by atoms with Crippen molar-refractivity contribution in [2.75, 3.05) is 17.6 Å². The van der Waals surface area contributed by atoms with Crippen LogP contribution in [0, 0.1) is 11.3 Å². The molecule has 2 aromatic carbocycles. The molecule has 0 saturated heterocycles. The summed E-state index contributed by atoms with van der Waals surface area (Å²) in [6.45, 7) is 4.47. The van der Waals surface area contributed by atoms with Gasteiger partial charge in [-0.1, -0.05) is 30.3 Å². The third-order valence-electron chi connectivity index (χ3n) is 5.30. The van der Waals surface area contributed by atoms with Crippen LogP contribution >= 0.6 is 23.1 Å². The minimum Gasteiger partial charge on any atom is -0.399 e. The number of carbonyl (C=O) groups is 1. The normalized spacial score (nSPS) is 14.5. The fraction of sp³-hybridized carbons (Fsp3) is 0.250. The summed E-state index contributed by atoms with van der Waals surface area (Å²) in [5, 5.41) is 13.1. The van der Waals surface area contributed by atoms with Gasteiger partial charge in [-0.25, -0.2) is 0 Å². The highest BCUT2D eigenvalue weighted by Gasteiger charge is 2.26. The molecule has 2 heterocycles. The number of hydrogen-bond donors (Lipinski definition) is 2. The summed E-state index contributed by atoms with van der Waals surface area (Å²) in [5.41, 5.74) is 9.42. The van der Waals surface area contributed by atoms with Gasteiger partial charge in [-0.15, -0.1) is 23.1 Å². The number of benzene rings is 2. The molecule has 3 aromatic rings. The summed E-state index contributed by atoms with van der Waals surface area (Å²) < 4.78 is 0. The Bertz CT molecular complexity index is 1100. The summed E-state index contributed by atoms with van der Waals surface area (Å²) in [4.78, 5) is 17.3. The minimum absolute atomic E-state index is 0.0990. The highest BCUT2D eigenvalue weighted by molar-refractivity contribution is 8.00. The van der Waals surface area contributed by atoms with Crippen molar-refractivity contribution in [2.24, 2.45) is 0 Å². The number of carbonyl (C=O) groups excluding carboxylic acids is 1. The number of thioether (sulfide) groups is 1. The van der Waals surface area contributed by atoms with E-state index in [4.69, 9.17) is 5.73 Å². The summed E-state index contributed by atoms with van der Waals surface area (Å²) in [6.07, 6.45) is 0.827. The molecule has 1 aliphatic heterocycles. The zero-order valence-electron chi connectivity index (χ0n) is 17.3. The molecule has 4 rings (SSSR count). The molecule has 0 fully saturated rings. The van der Waals surface area contributed by atoms with E-state index in [1.165, 1.54) is 33.5 Å². The Labute approximate surface area is 190 Å². The monoisotopic (exact) mass is 448 g/mol. The average Bonchev–Trinajstić information content (AvgIpc) is 3.12. The first-order valence-corrected chi connectivity index (χ1v) is 11.9. The molecule has 31 heavy (non-hydrogen) atoms. The Kier molecular flexibility index (Phi) is 6.62.